The number of nitrogens with two attached hydrogens (primary N) is 1. The molecule has 0 aliphatic rings. The largest absolute Gasteiger partial charge is 0.383 e. The summed E-state index contributed by atoms with van der Waals surface area (Å²) in [4.78, 5) is 9.69. The smallest absolute Gasteiger partial charge is 0.196 e. The minimum atomic E-state index is 0.0410. The third kappa shape index (κ3) is 1.90. The zero-order valence-electron chi connectivity index (χ0n) is 11.2. The number of rotatable bonds is 1. The van der Waals surface area contributed by atoms with Gasteiger partial charge in [-0.25, -0.2) is 4.98 Å². The SMILES string of the molecule is CC(C)(C)c1csc2nc(-c3cccnc3)c(N)n12. The number of anilines is 1. The van der Waals surface area contributed by atoms with Gasteiger partial charge in [-0.2, -0.15) is 0 Å². The molecule has 3 rings (SSSR count). The summed E-state index contributed by atoms with van der Waals surface area (Å²) in [5.41, 5.74) is 9.29. The number of hydrogen-bond donors (Lipinski definition) is 1. The van der Waals surface area contributed by atoms with Crippen LogP contribution in [0.15, 0.2) is 29.9 Å². The van der Waals surface area contributed by atoms with Crippen LogP contribution >= 0.6 is 11.3 Å². The molecule has 0 aromatic carbocycles. The summed E-state index contributed by atoms with van der Waals surface area (Å²) in [6.45, 7) is 6.53. The van der Waals surface area contributed by atoms with Gasteiger partial charge >= 0.3 is 0 Å². The molecule has 0 bridgehead atoms. The van der Waals surface area contributed by atoms with Gasteiger partial charge in [0.05, 0.1) is 0 Å². The van der Waals surface area contributed by atoms with Crippen molar-refractivity contribution >= 4 is 22.1 Å². The summed E-state index contributed by atoms with van der Waals surface area (Å²) >= 11 is 1.62. The van der Waals surface area contributed by atoms with Crippen molar-refractivity contribution in [2.45, 2.75) is 26.2 Å². The van der Waals surface area contributed by atoms with Gasteiger partial charge in [0, 0.05) is 34.4 Å². The van der Waals surface area contributed by atoms with Gasteiger partial charge in [-0.3, -0.25) is 9.38 Å². The van der Waals surface area contributed by atoms with E-state index in [0.717, 1.165) is 16.2 Å². The highest BCUT2D eigenvalue weighted by molar-refractivity contribution is 7.15. The fraction of sp³-hybridized carbons (Fsp3) is 0.286. The van der Waals surface area contributed by atoms with Crippen LogP contribution in [0, 0.1) is 0 Å². The second-order valence-corrected chi connectivity index (χ2v) is 6.41. The molecule has 5 heteroatoms. The first-order valence-corrected chi connectivity index (χ1v) is 7.03. The summed E-state index contributed by atoms with van der Waals surface area (Å²) in [5, 5.41) is 2.13. The lowest BCUT2D eigenvalue weighted by Crippen LogP contribution is -2.14. The molecule has 0 amide bonds. The Hall–Kier alpha value is -1.88. The Balaban J connectivity index is 2.26. The van der Waals surface area contributed by atoms with Crippen molar-refractivity contribution in [2.75, 3.05) is 5.73 Å². The molecule has 19 heavy (non-hydrogen) atoms. The van der Waals surface area contributed by atoms with E-state index >= 15 is 0 Å². The molecular formula is C14H16N4S. The van der Waals surface area contributed by atoms with Crippen molar-refractivity contribution in [3.05, 3.63) is 35.6 Å². The van der Waals surface area contributed by atoms with E-state index in [1.165, 1.54) is 5.69 Å². The molecule has 0 saturated heterocycles. The highest BCUT2D eigenvalue weighted by atomic mass is 32.1. The van der Waals surface area contributed by atoms with Crippen LogP contribution in [0.3, 0.4) is 0 Å². The topological polar surface area (TPSA) is 56.2 Å². The maximum Gasteiger partial charge on any atom is 0.196 e. The fourth-order valence-corrected chi connectivity index (χ4v) is 3.23. The Morgan fingerprint density at radius 1 is 1.32 bits per heavy atom. The van der Waals surface area contributed by atoms with Crippen molar-refractivity contribution in [1.82, 2.24) is 14.4 Å². The normalized spacial score (nSPS) is 12.2. The van der Waals surface area contributed by atoms with E-state index in [9.17, 15) is 0 Å². The van der Waals surface area contributed by atoms with Crippen LogP contribution in [-0.2, 0) is 5.41 Å². The van der Waals surface area contributed by atoms with Crippen molar-refractivity contribution < 1.29 is 0 Å². The Labute approximate surface area is 115 Å². The molecule has 3 heterocycles. The molecular weight excluding hydrogens is 256 g/mol. The number of thiazole rings is 1. The predicted molar refractivity (Wildman–Crippen MR) is 79.4 cm³/mol. The molecule has 0 unspecified atom stereocenters. The van der Waals surface area contributed by atoms with E-state index in [4.69, 9.17) is 5.73 Å². The third-order valence-electron chi connectivity index (χ3n) is 3.10. The van der Waals surface area contributed by atoms with Crippen LogP contribution < -0.4 is 5.73 Å². The third-order valence-corrected chi connectivity index (χ3v) is 3.93. The molecule has 98 valence electrons. The first-order valence-electron chi connectivity index (χ1n) is 6.15. The van der Waals surface area contributed by atoms with Crippen LogP contribution in [0.2, 0.25) is 0 Å². The predicted octanol–water partition coefficient (Wildman–Crippen LogP) is 3.34. The molecule has 0 atom stereocenters. The van der Waals surface area contributed by atoms with E-state index < -0.39 is 0 Å². The summed E-state index contributed by atoms with van der Waals surface area (Å²) in [5.74, 6) is 0.689. The highest BCUT2D eigenvalue weighted by Crippen LogP contribution is 2.34. The summed E-state index contributed by atoms with van der Waals surface area (Å²) in [7, 11) is 0. The second kappa shape index (κ2) is 4.06. The van der Waals surface area contributed by atoms with Crippen LogP contribution in [-0.4, -0.2) is 14.4 Å². The molecule has 0 aliphatic carbocycles. The second-order valence-electron chi connectivity index (χ2n) is 5.58. The van der Waals surface area contributed by atoms with E-state index in [-0.39, 0.29) is 5.41 Å². The van der Waals surface area contributed by atoms with Crippen LogP contribution in [0.4, 0.5) is 5.82 Å². The Morgan fingerprint density at radius 3 is 2.74 bits per heavy atom. The summed E-state index contributed by atoms with van der Waals surface area (Å²) < 4.78 is 2.05. The van der Waals surface area contributed by atoms with E-state index in [1.807, 2.05) is 16.5 Å². The van der Waals surface area contributed by atoms with Crippen molar-refractivity contribution in [2.24, 2.45) is 0 Å². The number of aromatic nitrogens is 3. The number of hydrogen-bond acceptors (Lipinski definition) is 4. The van der Waals surface area contributed by atoms with Gasteiger partial charge in [-0.05, 0) is 12.1 Å². The van der Waals surface area contributed by atoms with E-state index in [1.54, 1.807) is 23.7 Å². The average Bonchev–Trinajstić information content (AvgIpc) is 2.91. The van der Waals surface area contributed by atoms with Gasteiger partial charge in [-0.1, -0.05) is 20.8 Å². The van der Waals surface area contributed by atoms with Crippen LogP contribution in [0.25, 0.3) is 16.2 Å². The maximum atomic E-state index is 6.29. The first kappa shape index (κ1) is 12.2. The first-order chi connectivity index (χ1) is 8.98. The number of nitrogens with zero attached hydrogens (tertiary/aromatic N) is 3. The van der Waals surface area contributed by atoms with E-state index in [2.05, 4.69) is 36.1 Å². The van der Waals surface area contributed by atoms with Gasteiger partial charge in [0.2, 0.25) is 0 Å². The van der Waals surface area contributed by atoms with Crippen molar-refractivity contribution in [3.63, 3.8) is 0 Å². The van der Waals surface area contributed by atoms with Crippen LogP contribution in [0.5, 0.6) is 0 Å². The van der Waals surface area contributed by atoms with Gasteiger partial charge in [0.15, 0.2) is 4.96 Å². The van der Waals surface area contributed by atoms with Gasteiger partial charge in [0.1, 0.15) is 11.5 Å². The van der Waals surface area contributed by atoms with Crippen molar-refractivity contribution in [1.29, 1.82) is 0 Å². The number of fused-ring (bicyclic) bond motifs is 1. The zero-order chi connectivity index (χ0) is 13.6. The number of nitrogen functional groups attached to an aromatic ring is 1. The minimum absolute atomic E-state index is 0.0410. The van der Waals surface area contributed by atoms with Crippen molar-refractivity contribution in [3.8, 4) is 11.3 Å². The summed E-state index contributed by atoms with van der Waals surface area (Å²) in [6.07, 6.45) is 3.54. The Kier molecular flexibility index (Phi) is 2.60. The molecule has 0 fully saturated rings. The lowest BCUT2D eigenvalue weighted by molar-refractivity contribution is 0.566. The minimum Gasteiger partial charge on any atom is -0.383 e. The molecule has 3 aromatic rings. The Morgan fingerprint density at radius 2 is 2.11 bits per heavy atom. The number of pyridine rings is 1. The number of imidazole rings is 1. The standard InChI is InChI=1S/C14H16N4S/c1-14(2,3)10-8-19-13-17-11(12(15)18(10)13)9-5-4-6-16-7-9/h4-8H,15H2,1-3H3. The molecule has 4 nitrogen and oxygen atoms in total. The van der Waals surface area contributed by atoms with Gasteiger partial charge in [-0.15, -0.1) is 11.3 Å². The lowest BCUT2D eigenvalue weighted by Gasteiger charge is -2.17. The Bertz CT molecular complexity index is 719. The molecule has 0 spiro atoms. The van der Waals surface area contributed by atoms with Crippen LogP contribution in [0.1, 0.15) is 26.5 Å². The van der Waals surface area contributed by atoms with Gasteiger partial charge in [0.25, 0.3) is 0 Å². The molecule has 3 aromatic heterocycles. The molecule has 0 radical (unpaired) electrons. The summed E-state index contributed by atoms with van der Waals surface area (Å²) in [6, 6.07) is 3.87. The average molecular weight is 272 g/mol. The monoisotopic (exact) mass is 272 g/mol. The lowest BCUT2D eigenvalue weighted by atomic mass is 9.93. The molecule has 0 aliphatic heterocycles. The fourth-order valence-electron chi connectivity index (χ4n) is 2.11. The molecule has 0 saturated carbocycles. The molecule has 2 N–H and O–H groups in total. The van der Waals surface area contributed by atoms with E-state index in [0.29, 0.717) is 5.82 Å². The zero-order valence-corrected chi connectivity index (χ0v) is 12.0. The highest BCUT2D eigenvalue weighted by Gasteiger charge is 2.23. The van der Waals surface area contributed by atoms with Gasteiger partial charge < -0.3 is 5.73 Å². The quantitative estimate of drug-likeness (QED) is 0.739. The maximum absolute atomic E-state index is 6.29.